The number of benzene rings is 2. The van der Waals surface area contributed by atoms with Crippen molar-refractivity contribution < 1.29 is 19.7 Å². The summed E-state index contributed by atoms with van der Waals surface area (Å²) in [4.78, 5) is 12.3. The lowest BCUT2D eigenvalue weighted by molar-refractivity contribution is 0.404. The Labute approximate surface area is 157 Å². The van der Waals surface area contributed by atoms with Gasteiger partial charge in [-0.2, -0.15) is 0 Å². The quantitative estimate of drug-likeness (QED) is 0.237. The molecule has 0 saturated carbocycles. The molecular weight excluding hydrogens is 344 g/mol. The van der Waals surface area contributed by atoms with E-state index in [0.717, 1.165) is 24.5 Å². The molecule has 3 aromatic rings. The minimum atomic E-state index is -0.620. The third-order valence-electron chi connectivity index (χ3n) is 5.32. The Morgan fingerprint density at radius 1 is 0.889 bits per heavy atom. The van der Waals surface area contributed by atoms with Gasteiger partial charge in [0.25, 0.3) is 0 Å². The molecule has 0 aliphatic carbocycles. The maximum atomic E-state index is 12.3. The molecule has 0 amide bonds. The molecule has 5 heteroatoms. The molecule has 27 heavy (non-hydrogen) atoms. The molecule has 0 atom stereocenters. The lowest BCUT2D eigenvalue weighted by Crippen LogP contribution is -2.17. The molecule has 1 aromatic heterocycles. The zero-order valence-electron chi connectivity index (χ0n) is 16.0. The van der Waals surface area contributed by atoms with Crippen molar-refractivity contribution in [2.45, 2.75) is 58.3 Å². The van der Waals surface area contributed by atoms with Gasteiger partial charge in [-0.05, 0) is 41.7 Å². The summed E-state index contributed by atoms with van der Waals surface area (Å²) in [7, 11) is 0. The molecule has 3 rings (SSSR count). The Kier molecular flexibility index (Phi) is 5.05. The van der Waals surface area contributed by atoms with E-state index in [1.807, 2.05) is 0 Å². The van der Waals surface area contributed by atoms with Crippen LogP contribution in [0.15, 0.2) is 33.5 Å². The molecule has 0 fully saturated rings. The average Bonchev–Trinajstić information content (AvgIpc) is 2.60. The van der Waals surface area contributed by atoms with Crippen molar-refractivity contribution in [1.29, 1.82) is 0 Å². The molecule has 0 unspecified atom stereocenters. The Bertz CT molecular complexity index is 1050. The van der Waals surface area contributed by atoms with Crippen LogP contribution in [0.25, 0.3) is 21.7 Å². The number of hydrogen-bond donors (Lipinski definition) is 3. The maximum absolute atomic E-state index is 12.3. The minimum absolute atomic E-state index is 0.0111. The summed E-state index contributed by atoms with van der Waals surface area (Å²) in [5.41, 5.74) is 0.373. The van der Waals surface area contributed by atoms with Gasteiger partial charge in [-0.25, -0.2) is 4.79 Å². The maximum Gasteiger partial charge on any atom is 0.344 e. The van der Waals surface area contributed by atoms with E-state index in [1.54, 1.807) is 12.1 Å². The van der Waals surface area contributed by atoms with Gasteiger partial charge in [-0.3, -0.25) is 0 Å². The molecule has 0 bridgehead atoms. The third-order valence-corrected chi connectivity index (χ3v) is 5.32. The van der Waals surface area contributed by atoms with E-state index in [2.05, 4.69) is 20.8 Å². The average molecular weight is 370 g/mol. The van der Waals surface area contributed by atoms with Gasteiger partial charge in [0, 0.05) is 5.39 Å². The summed E-state index contributed by atoms with van der Waals surface area (Å²) in [6, 6.07) is 5.92. The van der Waals surface area contributed by atoms with Crippen molar-refractivity contribution in [1.82, 2.24) is 0 Å². The van der Waals surface area contributed by atoms with Crippen LogP contribution < -0.4 is 5.63 Å². The summed E-state index contributed by atoms with van der Waals surface area (Å²) in [6.07, 6.45) is 5.61. The van der Waals surface area contributed by atoms with Gasteiger partial charge in [-0.15, -0.1) is 0 Å². The summed E-state index contributed by atoms with van der Waals surface area (Å²) < 4.78 is 5.42. The van der Waals surface area contributed by atoms with Gasteiger partial charge < -0.3 is 19.7 Å². The van der Waals surface area contributed by atoms with Crippen LogP contribution in [0.1, 0.15) is 58.4 Å². The van der Waals surface area contributed by atoms with Crippen LogP contribution in [0.5, 0.6) is 17.2 Å². The van der Waals surface area contributed by atoms with Crippen LogP contribution in [0.2, 0.25) is 0 Å². The van der Waals surface area contributed by atoms with Crippen molar-refractivity contribution in [2.24, 2.45) is 0 Å². The molecule has 0 aliphatic heterocycles. The highest BCUT2D eigenvalue weighted by Crippen LogP contribution is 2.40. The van der Waals surface area contributed by atoms with Crippen molar-refractivity contribution in [2.75, 3.05) is 0 Å². The number of hydrogen-bond acceptors (Lipinski definition) is 5. The number of phenols is 3. The van der Waals surface area contributed by atoms with E-state index in [-0.39, 0.29) is 27.9 Å². The van der Waals surface area contributed by atoms with Gasteiger partial charge >= 0.3 is 5.63 Å². The number of phenolic OH excluding ortho intramolecular Hbond substituents is 3. The largest absolute Gasteiger partial charge is 0.507 e. The molecule has 0 saturated heterocycles. The molecule has 1 heterocycles. The molecule has 0 spiro atoms. The van der Waals surface area contributed by atoms with Crippen LogP contribution >= 0.6 is 0 Å². The van der Waals surface area contributed by atoms with Gasteiger partial charge in [-0.1, -0.05) is 46.5 Å². The SMILES string of the molecule is CCCCCCC(C)(C)c1cc(O)c2c(c1)oc(=O)c1cc(O)c(O)cc12. The van der Waals surface area contributed by atoms with E-state index in [1.165, 1.54) is 25.3 Å². The molecule has 144 valence electrons. The number of fused-ring (bicyclic) bond motifs is 3. The Hall–Kier alpha value is -2.69. The normalized spacial score (nSPS) is 12.1. The van der Waals surface area contributed by atoms with Crippen molar-refractivity contribution in [3.63, 3.8) is 0 Å². The van der Waals surface area contributed by atoms with Gasteiger partial charge in [0.1, 0.15) is 11.3 Å². The minimum Gasteiger partial charge on any atom is -0.507 e. The Morgan fingerprint density at radius 3 is 2.22 bits per heavy atom. The van der Waals surface area contributed by atoms with E-state index < -0.39 is 11.4 Å². The second kappa shape index (κ2) is 7.14. The molecular formula is C22H26O5. The first kappa shape index (κ1) is 19.1. The van der Waals surface area contributed by atoms with E-state index in [0.29, 0.717) is 10.8 Å². The monoisotopic (exact) mass is 370 g/mol. The van der Waals surface area contributed by atoms with Crippen LogP contribution in [-0.4, -0.2) is 15.3 Å². The highest BCUT2D eigenvalue weighted by molar-refractivity contribution is 6.08. The van der Waals surface area contributed by atoms with Crippen molar-refractivity contribution in [3.05, 3.63) is 40.2 Å². The van der Waals surface area contributed by atoms with E-state index in [9.17, 15) is 20.1 Å². The highest BCUT2D eigenvalue weighted by Gasteiger charge is 2.23. The summed E-state index contributed by atoms with van der Waals surface area (Å²) >= 11 is 0. The fourth-order valence-corrected chi connectivity index (χ4v) is 3.59. The Balaban J connectivity index is 2.13. The second-order valence-corrected chi connectivity index (χ2v) is 7.84. The van der Waals surface area contributed by atoms with Crippen LogP contribution in [0.3, 0.4) is 0 Å². The summed E-state index contributed by atoms with van der Waals surface area (Å²) in [5.74, 6) is -0.768. The third kappa shape index (κ3) is 3.59. The Morgan fingerprint density at radius 2 is 1.56 bits per heavy atom. The summed E-state index contributed by atoms with van der Waals surface area (Å²) in [6.45, 7) is 6.40. The number of unbranched alkanes of at least 4 members (excludes halogenated alkanes) is 3. The number of rotatable bonds is 6. The lowest BCUT2D eigenvalue weighted by Gasteiger charge is -2.26. The fraction of sp³-hybridized carbons (Fsp3) is 0.409. The van der Waals surface area contributed by atoms with Crippen molar-refractivity contribution in [3.8, 4) is 17.2 Å². The molecule has 3 N–H and O–H groups in total. The van der Waals surface area contributed by atoms with Gasteiger partial charge in [0.2, 0.25) is 0 Å². The molecule has 5 nitrogen and oxygen atoms in total. The predicted molar refractivity (Wildman–Crippen MR) is 107 cm³/mol. The first-order chi connectivity index (χ1) is 12.7. The van der Waals surface area contributed by atoms with E-state index in [4.69, 9.17) is 4.42 Å². The van der Waals surface area contributed by atoms with Crippen LogP contribution in [0, 0.1) is 0 Å². The summed E-state index contributed by atoms with van der Waals surface area (Å²) in [5, 5.41) is 31.0. The smallest absolute Gasteiger partial charge is 0.344 e. The van der Waals surface area contributed by atoms with Gasteiger partial charge in [0.15, 0.2) is 11.5 Å². The topological polar surface area (TPSA) is 90.9 Å². The highest BCUT2D eigenvalue weighted by atomic mass is 16.4. The zero-order valence-corrected chi connectivity index (χ0v) is 16.0. The first-order valence-corrected chi connectivity index (χ1v) is 9.40. The predicted octanol–water partition coefficient (Wildman–Crippen LogP) is 5.31. The number of aromatic hydroxyl groups is 3. The first-order valence-electron chi connectivity index (χ1n) is 9.40. The molecule has 0 aliphatic rings. The second-order valence-electron chi connectivity index (χ2n) is 7.84. The molecule has 0 radical (unpaired) electrons. The van der Waals surface area contributed by atoms with Crippen LogP contribution in [-0.2, 0) is 5.41 Å². The fourth-order valence-electron chi connectivity index (χ4n) is 3.59. The van der Waals surface area contributed by atoms with E-state index >= 15 is 0 Å². The van der Waals surface area contributed by atoms with Crippen molar-refractivity contribution >= 4 is 21.7 Å². The van der Waals surface area contributed by atoms with Gasteiger partial charge in [0.05, 0.1) is 10.8 Å². The zero-order chi connectivity index (χ0) is 19.8. The molecule has 2 aromatic carbocycles. The lowest BCUT2D eigenvalue weighted by atomic mass is 9.79. The van der Waals surface area contributed by atoms with Crippen LogP contribution in [0.4, 0.5) is 0 Å². The standard InChI is InChI=1S/C22H26O5/c1-4-5-6-7-8-22(2,3)13-9-18(25)20-14-11-16(23)17(24)12-15(14)21(26)27-19(20)10-13/h9-12,23-25H,4-8H2,1-3H3.